The second-order valence-electron chi connectivity index (χ2n) is 6.86. The number of amides is 2. The summed E-state index contributed by atoms with van der Waals surface area (Å²) in [4.78, 5) is 30.3. The van der Waals surface area contributed by atoms with Crippen molar-refractivity contribution in [2.75, 3.05) is 39.8 Å². The number of hydrogen-bond donors (Lipinski definition) is 0. The molecule has 2 amide bonds. The van der Waals surface area contributed by atoms with Gasteiger partial charge in [-0.2, -0.15) is 0 Å². The first-order valence-electron chi connectivity index (χ1n) is 8.55. The second-order valence-corrected chi connectivity index (χ2v) is 6.86. The van der Waals surface area contributed by atoms with Crippen LogP contribution in [0.4, 0.5) is 0 Å². The molecule has 2 aliphatic rings. The Morgan fingerprint density at radius 3 is 2.38 bits per heavy atom. The van der Waals surface area contributed by atoms with Crippen LogP contribution >= 0.6 is 0 Å². The molecule has 0 bridgehead atoms. The standard InChI is InChI=1S/C16H26N6O2/c1-12(23)22-9-8-19(2)14(10-22)16(24)21-6-4-13(5-7-21)15-18-17-11-20(15)3/h11,13-14H,4-10H2,1-3H3. The minimum absolute atomic E-state index is 0.0434. The van der Waals surface area contributed by atoms with Crippen molar-refractivity contribution in [3.63, 3.8) is 0 Å². The van der Waals surface area contributed by atoms with Crippen LogP contribution in [0.5, 0.6) is 0 Å². The monoisotopic (exact) mass is 334 g/mol. The fourth-order valence-corrected chi connectivity index (χ4v) is 3.66. The molecule has 1 aromatic rings. The fraction of sp³-hybridized carbons (Fsp3) is 0.750. The average molecular weight is 334 g/mol. The molecule has 0 radical (unpaired) electrons. The number of piperidine rings is 1. The Morgan fingerprint density at radius 2 is 1.79 bits per heavy atom. The van der Waals surface area contributed by atoms with Gasteiger partial charge < -0.3 is 14.4 Å². The van der Waals surface area contributed by atoms with E-state index in [0.29, 0.717) is 19.0 Å². The second kappa shape index (κ2) is 6.88. The Balaban J connectivity index is 1.60. The summed E-state index contributed by atoms with van der Waals surface area (Å²) in [5, 5.41) is 8.15. The molecule has 8 nitrogen and oxygen atoms in total. The number of hydrogen-bond acceptors (Lipinski definition) is 5. The molecule has 1 atom stereocenters. The van der Waals surface area contributed by atoms with E-state index in [0.717, 1.165) is 38.3 Å². The van der Waals surface area contributed by atoms with Gasteiger partial charge in [-0.1, -0.05) is 0 Å². The summed E-state index contributed by atoms with van der Waals surface area (Å²) in [7, 11) is 3.92. The minimum atomic E-state index is -0.228. The predicted molar refractivity (Wildman–Crippen MR) is 88.2 cm³/mol. The number of rotatable bonds is 2. The van der Waals surface area contributed by atoms with Crippen molar-refractivity contribution < 1.29 is 9.59 Å². The van der Waals surface area contributed by atoms with E-state index in [9.17, 15) is 9.59 Å². The number of aromatic nitrogens is 3. The van der Waals surface area contributed by atoms with E-state index >= 15 is 0 Å². The van der Waals surface area contributed by atoms with Gasteiger partial charge in [-0.05, 0) is 19.9 Å². The van der Waals surface area contributed by atoms with E-state index in [1.807, 2.05) is 23.6 Å². The van der Waals surface area contributed by atoms with E-state index in [4.69, 9.17) is 0 Å². The third kappa shape index (κ3) is 3.28. The molecule has 0 N–H and O–H groups in total. The molecule has 24 heavy (non-hydrogen) atoms. The largest absolute Gasteiger partial charge is 0.341 e. The number of aryl methyl sites for hydroxylation is 1. The molecule has 3 rings (SSSR count). The van der Waals surface area contributed by atoms with Crippen molar-refractivity contribution in [1.29, 1.82) is 0 Å². The SMILES string of the molecule is CC(=O)N1CCN(C)C(C(=O)N2CCC(c3nncn3C)CC2)C1. The highest BCUT2D eigenvalue weighted by atomic mass is 16.2. The Labute approximate surface area is 142 Å². The van der Waals surface area contributed by atoms with Gasteiger partial charge >= 0.3 is 0 Å². The zero-order chi connectivity index (χ0) is 17.3. The summed E-state index contributed by atoms with van der Waals surface area (Å²) < 4.78 is 1.96. The summed E-state index contributed by atoms with van der Waals surface area (Å²) in [6.45, 7) is 4.98. The number of carbonyl (C=O) groups excluding carboxylic acids is 2. The van der Waals surface area contributed by atoms with Gasteiger partial charge in [0, 0.05) is 52.6 Å². The molecule has 8 heteroatoms. The van der Waals surface area contributed by atoms with Crippen LogP contribution in [0, 0.1) is 0 Å². The molecular formula is C16H26N6O2. The molecule has 2 saturated heterocycles. The zero-order valence-electron chi connectivity index (χ0n) is 14.7. The molecule has 2 fully saturated rings. The molecule has 0 saturated carbocycles. The average Bonchev–Trinajstić information content (AvgIpc) is 3.00. The van der Waals surface area contributed by atoms with Crippen molar-refractivity contribution in [2.24, 2.45) is 7.05 Å². The van der Waals surface area contributed by atoms with Gasteiger partial charge in [0.1, 0.15) is 18.2 Å². The highest BCUT2D eigenvalue weighted by molar-refractivity contribution is 5.83. The van der Waals surface area contributed by atoms with Crippen LogP contribution in [0.25, 0.3) is 0 Å². The molecule has 3 heterocycles. The Morgan fingerprint density at radius 1 is 1.08 bits per heavy atom. The number of likely N-dealkylation sites (tertiary alicyclic amines) is 1. The Hall–Kier alpha value is -1.96. The first kappa shape index (κ1) is 16.9. The summed E-state index contributed by atoms with van der Waals surface area (Å²) in [5.74, 6) is 1.54. The van der Waals surface area contributed by atoms with Gasteiger partial charge in [-0.3, -0.25) is 14.5 Å². The maximum Gasteiger partial charge on any atom is 0.241 e. The molecule has 1 unspecified atom stereocenters. The molecule has 0 aliphatic carbocycles. The van der Waals surface area contributed by atoms with E-state index in [1.54, 1.807) is 18.2 Å². The van der Waals surface area contributed by atoms with Crippen LogP contribution in [0.2, 0.25) is 0 Å². The maximum absolute atomic E-state index is 12.9. The van der Waals surface area contributed by atoms with Crippen LogP contribution in [0.15, 0.2) is 6.33 Å². The number of carbonyl (C=O) groups is 2. The lowest BCUT2D eigenvalue weighted by molar-refractivity contribution is -0.143. The number of nitrogens with zero attached hydrogens (tertiary/aromatic N) is 6. The zero-order valence-corrected chi connectivity index (χ0v) is 14.7. The number of piperazine rings is 1. The quantitative estimate of drug-likeness (QED) is 0.741. The summed E-state index contributed by atoms with van der Waals surface area (Å²) in [5.41, 5.74) is 0. The Kier molecular flexibility index (Phi) is 4.84. The third-order valence-electron chi connectivity index (χ3n) is 5.30. The van der Waals surface area contributed by atoms with E-state index in [2.05, 4.69) is 15.1 Å². The lowest BCUT2D eigenvalue weighted by Gasteiger charge is -2.41. The highest BCUT2D eigenvalue weighted by Crippen LogP contribution is 2.27. The molecule has 2 aliphatic heterocycles. The molecule has 0 spiro atoms. The van der Waals surface area contributed by atoms with E-state index in [-0.39, 0.29) is 17.9 Å². The smallest absolute Gasteiger partial charge is 0.241 e. The van der Waals surface area contributed by atoms with Gasteiger partial charge in [0.25, 0.3) is 0 Å². The van der Waals surface area contributed by atoms with Crippen LogP contribution in [0.1, 0.15) is 31.5 Å². The normalized spacial score (nSPS) is 23.5. The number of likely N-dealkylation sites (N-methyl/N-ethyl adjacent to an activating group) is 1. The van der Waals surface area contributed by atoms with Gasteiger partial charge in [0.05, 0.1) is 0 Å². The van der Waals surface area contributed by atoms with Crippen LogP contribution < -0.4 is 0 Å². The molecule has 132 valence electrons. The van der Waals surface area contributed by atoms with Crippen LogP contribution in [-0.2, 0) is 16.6 Å². The fourth-order valence-electron chi connectivity index (χ4n) is 3.66. The Bertz CT molecular complexity index is 607. The van der Waals surface area contributed by atoms with Crippen molar-refractivity contribution in [2.45, 2.75) is 31.7 Å². The van der Waals surface area contributed by atoms with Gasteiger partial charge in [0.15, 0.2) is 0 Å². The van der Waals surface area contributed by atoms with Crippen molar-refractivity contribution in [3.05, 3.63) is 12.2 Å². The van der Waals surface area contributed by atoms with E-state index < -0.39 is 0 Å². The lowest BCUT2D eigenvalue weighted by Crippen LogP contribution is -2.59. The summed E-state index contributed by atoms with van der Waals surface area (Å²) in [6.07, 6.45) is 3.54. The lowest BCUT2D eigenvalue weighted by atomic mass is 9.95. The molecule has 0 aromatic carbocycles. The van der Waals surface area contributed by atoms with Crippen molar-refractivity contribution >= 4 is 11.8 Å². The topological polar surface area (TPSA) is 74.6 Å². The summed E-state index contributed by atoms with van der Waals surface area (Å²) in [6, 6.07) is -0.228. The first-order chi connectivity index (χ1) is 11.5. The van der Waals surface area contributed by atoms with Crippen molar-refractivity contribution in [3.8, 4) is 0 Å². The van der Waals surface area contributed by atoms with Crippen molar-refractivity contribution in [1.82, 2.24) is 29.5 Å². The molecular weight excluding hydrogens is 308 g/mol. The third-order valence-corrected chi connectivity index (χ3v) is 5.30. The van der Waals surface area contributed by atoms with Crippen LogP contribution in [0.3, 0.4) is 0 Å². The molecule has 1 aromatic heterocycles. The van der Waals surface area contributed by atoms with E-state index in [1.165, 1.54) is 0 Å². The minimum Gasteiger partial charge on any atom is -0.341 e. The van der Waals surface area contributed by atoms with Gasteiger partial charge in [-0.25, -0.2) is 0 Å². The predicted octanol–water partition coefficient (Wildman–Crippen LogP) is -0.316. The maximum atomic E-state index is 12.9. The first-order valence-corrected chi connectivity index (χ1v) is 8.55. The highest BCUT2D eigenvalue weighted by Gasteiger charge is 2.35. The van der Waals surface area contributed by atoms with Gasteiger partial charge in [-0.15, -0.1) is 10.2 Å². The van der Waals surface area contributed by atoms with Gasteiger partial charge in [0.2, 0.25) is 11.8 Å². The summed E-state index contributed by atoms with van der Waals surface area (Å²) >= 11 is 0. The van der Waals surface area contributed by atoms with Crippen LogP contribution in [-0.4, -0.2) is 87.1 Å².